The van der Waals surface area contributed by atoms with Crippen LogP contribution in [0.4, 0.5) is 0 Å². The van der Waals surface area contributed by atoms with Crippen LogP contribution in [0, 0.1) is 11.3 Å². The van der Waals surface area contributed by atoms with Gasteiger partial charge in [0.2, 0.25) is 0 Å². The number of ether oxygens (including phenoxy) is 3. The van der Waals surface area contributed by atoms with E-state index in [-0.39, 0.29) is 0 Å². The quantitative estimate of drug-likeness (QED) is 0.269. The number of likely N-dealkylation sites (tertiary alicyclic amines) is 1. The molecule has 0 N–H and O–H groups in total. The van der Waals surface area contributed by atoms with E-state index < -0.39 is 0 Å². The molecular formula is C17H26N2O3. The Morgan fingerprint density at radius 1 is 1.18 bits per heavy atom. The van der Waals surface area contributed by atoms with Crippen molar-refractivity contribution < 1.29 is 14.2 Å². The number of hydrogen-bond donors (Lipinski definition) is 0. The molecule has 1 saturated heterocycles. The zero-order valence-electron chi connectivity index (χ0n) is 13.4. The summed E-state index contributed by atoms with van der Waals surface area (Å²) >= 11 is 0. The van der Waals surface area contributed by atoms with Gasteiger partial charge in [0.25, 0.3) is 0 Å². The van der Waals surface area contributed by atoms with Crippen LogP contribution in [0.2, 0.25) is 0 Å². The number of allylic oxidation sites excluding steroid dienone is 3. The lowest BCUT2D eigenvalue weighted by Crippen LogP contribution is -2.23. The van der Waals surface area contributed by atoms with E-state index in [1.54, 1.807) is 13.2 Å². The molecule has 0 bridgehead atoms. The molecule has 1 rings (SSSR count). The van der Waals surface area contributed by atoms with Crippen molar-refractivity contribution in [3.05, 3.63) is 36.3 Å². The molecule has 0 radical (unpaired) electrons. The second kappa shape index (κ2) is 11.8. The second-order valence-electron chi connectivity index (χ2n) is 5.01. The van der Waals surface area contributed by atoms with Crippen LogP contribution >= 0.6 is 0 Å². The van der Waals surface area contributed by atoms with Crippen molar-refractivity contribution in [2.75, 3.05) is 46.6 Å². The van der Waals surface area contributed by atoms with Crippen LogP contribution in [0.15, 0.2) is 36.3 Å². The molecule has 0 unspecified atom stereocenters. The molecule has 0 aliphatic carbocycles. The van der Waals surface area contributed by atoms with Crippen LogP contribution < -0.4 is 0 Å². The van der Waals surface area contributed by atoms with Crippen LogP contribution in [-0.2, 0) is 14.2 Å². The maximum atomic E-state index is 9.15. The number of rotatable bonds is 10. The van der Waals surface area contributed by atoms with Crippen LogP contribution in [0.1, 0.15) is 19.3 Å². The van der Waals surface area contributed by atoms with E-state index in [4.69, 9.17) is 19.5 Å². The highest BCUT2D eigenvalue weighted by atomic mass is 16.5. The van der Waals surface area contributed by atoms with E-state index in [1.165, 1.54) is 19.3 Å². The molecule has 5 heteroatoms. The molecule has 1 aliphatic heterocycles. The minimum atomic E-state index is 0.372. The number of piperidine rings is 1. The zero-order valence-corrected chi connectivity index (χ0v) is 13.4. The maximum Gasteiger partial charge on any atom is 0.130 e. The Hall–Kier alpha value is -1.77. The van der Waals surface area contributed by atoms with Crippen molar-refractivity contribution >= 4 is 0 Å². The Labute approximate surface area is 133 Å². The Bertz CT molecular complexity index is 418. The van der Waals surface area contributed by atoms with E-state index in [2.05, 4.69) is 17.5 Å². The van der Waals surface area contributed by atoms with Gasteiger partial charge in [0, 0.05) is 20.2 Å². The Kier molecular flexibility index (Phi) is 9.84. The Morgan fingerprint density at radius 3 is 2.59 bits per heavy atom. The molecule has 0 aromatic carbocycles. The average molecular weight is 306 g/mol. The minimum Gasteiger partial charge on any atom is -0.490 e. The van der Waals surface area contributed by atoms with Crippen molar-refractivity contribution in [2.45, 2.75) is 19.3 Å². The van der Waals surface area contributed by atoms with Gasteiger partial charge in [-0.05, 0) is 37.6 Å². The van der Waals surface area contributed by atoms with Crippen molar-refractivity contribution in [3.8, 4) is 6.07 Å². The van der Waals surface area contributed by atoms with Gasteiger partial charge in [-0.2, -0.15) is 5.26 Å². The molecular weight excluding hydrogens is 280 g/mol. The predicted octanol–water partition coefficient (Wildman–Crippen LogP) is 2.63. The van der Waals surface area contributed by atoms with Crippen LogP contribution in [0.5, 0.6) is 0 Å². The van der Waals surface area contributed by atoms with Gasteiger partial charge < -0.3 is 19.1 Å². The number of nitrogens with zero attached hydrogens (tertiary/aromatic N) is 2. The molecule has 1 heterocycles. The second-order valence-corrected chi connectivity index (χ2v) is 5.01. The van der Waals surface area contributed by atoms with Gasteiger partial charge >= 0.3 is 0 Å². The molecule has 1 aliphatic rings. The SMILES string of the molecule is C=C(OCCOCCOC)C(C#N)=CC=CN1CCCCC1. The monoisotopic (exact) mass is 306 g/mol. The van der Waals surface area contributed by atoms with E-state index in [1.807, 2.05) is 12.3 Å². The van der Waals surface area contributed by atoms with Crippen LogP contribution in [0.3, 0.4) is 0 Å². The molecule has 0 aromatic heterocycles. The largest absolute Gasteiger partial charge is 0.490 e. The Morgan fingerprint density at radius 2 is 1.91 bits per heavy atom. The van der Waals surface area contributed by atoms with E-state index in [0.29, 0.717) is 37.8 Å². The Balaban J connectivity index is 2.29. The third-order valence-electron chi connectivity index (χ3n) is 3.31. The summed E-state index contributed by atoms with van der Waals surface area (Å²) in [5.74, 6) is 0.376. The summed E-state index contributed by atoms with van der Waals surface area (Å²) in [7, 11) is 1.63. The lowest BCUT2D eigenvalue weighted by Gasteiger charge is -2.24. The summed E-state index contributed by atoms with van der Waals surface area (Å²) in [4.78, 5) is 2.27. The van der Waals surface area contributed by atoms with E-state index in [9.17, 15) is 0 Å². The van der Waals surface area contributed by atoms with Gasteiger partial charge in [0.1, 0.15) is 18.4 Å². The topological polar surface area (TPSA) is 54.7 Å². The molecule has 0 atom stereocenters. The maximum absolute atomic E-state index is 9.15. The van der Waals surface area contributed by atoms with Gasteiger partial charge in [-0.15, -0.1) is 0 Å². The fourth-order valence-corrected chi connectivity index (χ4v) is 2.07. The lowest BCUT2D eigenvalue weighted by atomic mass is 10.1. The van der Waals surface area contributed by atoms with Gasteiger partial charge in [-0.25, -0.2) is 0 Å². The standard InChI is InChI=1S/C17H26N2O3/c1-16(22-14-13-21-12-11-20-2)17(15-18)7-6-10-19-8-4-3-5-9-19/h6-7,10H,1,3-5,8-9,11-14H2,2H3. The number of nitriles is 1. The predicted molar refractivity (Wildman–Crippen MR) is 86.0 cm³/mol. The molecule has 0 spiro atoms. The highest BCUT2D eigenvalue weighted by Crippen LogP contribution is 2.11. The molecule has 1 fully saturated rings. The van der Waals surface area contributed by atoms with Crippen LogP contribution in [-0.4, -0.2) is 51.5 Å². The summed E-state index contributed by atoms with van der Waals surface area (Å²) < 4.78 is 15.6. The third kappa shape index (κ3) is 7.87. The summed E-state index contributed by atoms with van der Waals surface area (Å²) in [5, 5.41) is 9.15. The molecule has 0 aromatic rings. The summed E-state index contributed by atoms with van der Waals surface area (Å²) in [6.45, 7) is 7.87. The van der Waals surface area contributed by atoms with Crippen molar-refractivity contribution in [1.29, 1.82) is 5.26 Å². The molecule has 122 valence electrons. The van der Waals surface area contributed by atoms with Crippen molar-refractivity contribution in [3.63, 3.8) is 0 Å². The van der Waals surface area contributed by atoms with Gasteiger partial charge in [0.05, 0.1) is 25.4 Å². The fraction of sp³-hybridized carbons (Fsp3) is 0.588. The number of methoxy groups -OCH3 is 1. The fourth-order valence-electron chi connectivity index (χ4n) is 2.07. The normalized spacial score (nSPS) is 15.8. The molecule has 5 nitrogen and oxygen atoms in total. The smallest absolute Gasteiger partial charge is 0.130 e. The van der Waals surface area contributed by atoms with Crippen molar-refractivity contribution in [1.82, 2.24) is 4.90 Å². The van der Waals surface area contributed by atoms with Gasteiger partial charge in [0.15, 0.2) is 0 Å². The first-order valence-corrected chi connectivity index (χ1v) is 7.69. The van der Waals surface area contributed by atoms with E-state index in [0.717, 1.165) is 13.1 Å². The first kappa shape index (κ1) is 18.3. The van der Waals surface area contributed by atoms with Crippen LogP contribution in [0.25, 0.3) is 0 Å². The van der Waals surface area contributed by atoms with E-state index >= 15 is 0 Å². The molecule has 0 amide bonds. The lowest BCUT2D eigenvalue weighted by molar-refractivity contribution is 0.0430. The highest BCUT2D eigenvalue weighted by Gasteiger charge is 2.05. The zero-order chi connectivity index (χ0) is 16.0. The summed E-state index contributed by atoms with van der Waals surface area (Å²) in [6, 6.07) is 2.11. The average Bonchev–Trinajstić information content (AvgIpc) is 2.55. The first-order chi connectivity index (χ1) is 10.8. The molecule has 22 heavy (non-hydrogen) atoms. The molecule has 0 saturated carbocycles. The summed E-state index contributed by atoms with van der Waals surface area (Å²) in [5.41, 5.74) is 0.435. The first-order valence-electron chi connectivity index (χ1n) is 7.69. The third-order valence-corrected chi connectivity index (χ3v) is 3.31. The summed E-state index contributed by atoms with van der Waals surface area (Å²) in [6.07, 6.45) is 9.42. The van der Waals surface area contributed by atoms with Crippen molar-refractivity contribution in [2.24, 2.45) is 0 Å². The highest BCUT2D eigenvalue weighted by molar-refractivity contribution is 5.39. The minimum absolute atomic E-state index is 0.372. The van der Waals surface area contributed by atoms with Gasteiger partial charge in [-0.1, -0.05) is 6.58 Å². The van der Waals surface area contributed by atoms with Gasteiger partial charge in [-0.3, -0.25) is 0 Å². The number of hydrogen-bond acceptors (Lipinski definition) is 5.